The molecule has 2 fully saturated rings. The molecule has 10 nitrogen and oxygen atoms in total. The number of benzene rings is 1. The van der Waals surface area contributed by atoms with Crippen LogP contribution in [0.1, 0.15) is 57.6 Å². The molecule has 1 aliphatic heterocycles. The Morgan fingerprint density at radius 2 is 1.74 bits per heavy atom. The Morgan fingerprint density at radius 1 is 1.10 bits per heavy atom. The minimum absolute atomic E-state index is 0.00512. The van der Waals surface area contributed by atoms with E-state index >= 15 is 4.39 Å². The number of ether oxygens (including phenoxy) is 1. The molecule has 2 heterocycles. The number of likely N-dealkylation sites (tertiary alicyclic amines) is 1. The zero-order valence-corrected chi connectivity index (χ0v) is 24.1. The average molecular weight is 596 g/mol. The molecule has 1 aliphatic carbocycles. The summed E-state index contributed by atoms with van der Waals surface area (Å²) in [6, 6.07) is 4.77. The fourth-order valence-corrected chi connectivity index (χ4v) is 4.87. The van der Waals surface area contributed by atoms with E-state index in [1.807, 2.05) is 0 Å². The van der Waals surface area contributed by atoms with Gasteiger partial charge in [-0.25, -0.2) is 20.2 Å². The number of anilines is 2. The number of carbonyl (C=O) groups is 2. The summed E-state index contributed by atoms with van der Waals surface area (Å²) in [4.78, 5) is 37.2. The SMILES string of the molecule is CNNC(=O)C1(CNc2ncnc(N(Cc3ccc(C(F)(F)F)cc3)C3CC3)c2F)CCN(C(=O)OC(C)(C)C)CC1. The molecule has 230 valence electrons. The summed E-state index contributed by atoms with van der Waals surface area (Å²) in [5.41, 5.74) is 3.46. The Hall–Kier alpha value is -3.68. The lowest BCUT2D eigenvalue weighted by Crippen LogP contribution is -2.55. The van der Waals surface area contributed by atoms with E-state index in [0.29, 0.717) is 18.4 Å². The second kappa shape index (κ2) is 12.3. The molecule has 42 heavy (non-hydrogen) atoms. The topological polar surface area (TPSA) is 112 Å². The van der Waals surface area contributed by atoms with Crippen molar-refractivity contribution in [1.29, 1.82) is 0 Å². The molecule has 2 aliphatic rings. The molecule has 0 atom stereocenters. The van der Waals surface area contributed by atoms with Crippen molar-refractivity contribution >= 4 is 23.6 Å². The van der Waals surface area contributed by atoms with E-state index in [4.69, 9.17) is 4.74 Å². The van der Waals surface area contributed by atoms with Crippen LogP contribution in [0, 0.1) is 11.2 Å². The summed E-state index contributed by atoms with van der Waals surface area (Å²) in [7, 11) is 1.56. The maximum Gasteiger partial charge on any atom is 0.416 e. The number of aromatic nitrogens is 2. The number of nitrogens with zero attached hydrogens (tertiary/aromatic N) is 4. The Bertz CT molecular complexity index is 1260. The third-order valence-electron chi connectivity index (χ3n) is 7.35. The van der Waals surface area contributed by atoms with E-state index in [1.165, 1.54) is 18.5 Å². The van der Waals surface area contributed by atoms with Crippen LogP contribution < -0.4 is 21.1 Å². The third-order valence-corrected chi connectivity index (χ3v) is 7.35. The van der Waals surface area contributed by atoms with Crippen LogP contribution in [0.3, 0.4) is 0 Å². The highest BCUT2D eigenvalue weighted by Gasteiger charge is 2.43. The van der Waals surface area contributed by atoms with Gasteiger partial charge in [-0.15, -0.1) is 0 Å². The van der Waals surface area contributed by atoms with Crippen molar-refractivity contribution in [1.82, 2.24) is 25.7 Å². The molecule has 1 saturated carbocycles. The van der Waals surface area contributed by atoms with Crippen LogP contribution in [-0.4, -0.2) is 65.2 Å². The number of rotatable bonds is 9. The number of halogens is 4. The molecule has 1 saturated heterocycles. The summed E-state index contributed by atoms with van der Waals surface area (Å²) in [6.45, 7) is 6.09. The zero-order chi connectivity index (χ0) is 30.7. The predicted octanol–water partition coefficient (Wildman–Crippen LogP) is 4.48. The molecular weight excluding hydrogens is 558 g/mol. The maximum atomic E-state index is 15.8. The Balaban J connectivity index is 1.49. The number of alkyl halides is 3. The van der Waals surface area contributed by atoms with Crippen LogP contribution in [0.2, 0.25) is 0 Å². The Morgan fingerprint density at radius 3 is 2.29 bits per heavy atom. The third kappa shape index (κ3) is 7.58. The first-order valence-corrected chi connectivity index (χ1v) is 13.8. The normalized spacial score (nSPS) is 17.0. The zero-order valence-electron chi connectivity index (χ0n) is 24.1. The number of hydrazine groups is 1. The second-order valence-corrected chi connectivity index (χ2v) is 11.7. The van der Waals surface area contributed by atoms with Crippen LogP contribution in [-0.2, 0) is 22.3 Å². The van der Waals surface area contributed by atoms with Crippen molar-refractivity contribution in [3.63, 3.8) is 0 Å². The van der Waals surface area contributed by atoms with Gasteiger partial charge in [0.15, 0.2) is 11.6 Å². The van der Waals surface area contributed by atoms with E-state index < -0.39 is 34.7 Å². The minimum atomic E-state index is -4.44. The van der Waals surface area contributed by atoms with Gasteiger partial charge in [-0.1, -0.05) is 12.1 Å². The van der Waals surface area contributed by atoms with Gasteiger partial charge >= 0.3 is 12.3 Å². The standard InChI is InChI=1S/C28H37F4N7O3/c1-26(2,3)42-25(41)38-13-11-27(12-14-38,24(40)37-33-4)16-34-22-21(29)23(36-17-35-22)39(20-9-10-20)15-18-5-7-19(8-6-18)28(30,31)32/h5-8,17,20,33H,9-16H2,1-4H3,(H,37,40)(H,34,35,36). The first kappa shape index (κ1) is 31.3. The van der Waals surface area contributed by atoms with Crippen molar-refractivity contribution in [2.45, 2.75) is 70.8 Å². The van der Waals surface area contributed by atoms with Crippen molar-refractivity contribution in [2.75, 3.05) is 36.9 Å². The molecule has 1 aromatic heterocycles. The highest BCUT2D eigenvalue weighted by atomic mass is 19.4. The molecule has 2 amide bonds. The molecule has 14 heteroatoms. The van der Waals surface area contributed by atoms with E-state index in [2.05, 4.69) is 26.1 Å². The average Bonchev–Trinajstić information content (AvgIpc) is 3.76. The lowest BCUT2D eigenvalue weighted by molar-refractivity contribution is -0.137. The first-order chi connectivity index (χ1) is 19.7. The minimum Gasteiger partial charge on any atom is -0.444 e. The molecule has 3 N–H and O–H groups in total. The fraction of sp³-hybridized carbons (Fsp3) is 0.571. The van der Waals surface area contributed by atoms with Gasteiger partial charge in [0, 0.05) is 39.3 Å². The molecule has 0 spiro atoms. The molecule has 0 unspecified atom stereocenters. The number of hydrogen-bond acceptors (Lipinski definition) is 8. The quantitative estimate of drug-likeness (QED) is 0.288. The van der Waals surface area contributed by atoms with Gasteiger partial charge in [-0.3, -0.25) is 10.2 Å². The summed E-state index contributed by atoms with van der Waals surface area (Å²) >= 11 is 0. The lowest BCUT2D eigenvalue weighted by atomic mass is 9.77. The van der Waals surface area contributed by atoms with Crippen LogP contribution in [0.25, 0.3) is 0 Å². The van der Waals surface area contributed by atoms with Gasteiger partial charge in [0.25, 0.3) is 0 Å². The number of amides is 2. The lowest BCUT2D eigenvalue weighted by Gasteiger charge is -2.40. The summed E-state index contributed by atoms with van der Waals surface area (Å²) in [5, 5.41) is 2.99. The van der Waals surface area contributed by atoms with E-state index in [9.17, 15) is 22.8 Å². The van der Waals surface area contributed by atoms with Crippen molar-refractivity contribution < 1.29 is 31.9 Å². The van der Waals surface area contributed by atoms with Crippen molar-refractivity contribution in [3.05, 3.63) is 47.5 Å². The van der Waals surface area contributed by atoms with Gasteiger partial charge in [0.2, 0.25) is 11.7 Å². The Kier molecular flexibility index (Phi) is 9.14. The molecule has 0 radical (unpaired) electrons. The maximum absolute atomic E-state index is 15.8. The van der Waals surface area contributed by atoms with Gasteiger partial charge in [-0.05, 0) is 64.2 Å². The second-order valence-electron chi connectivity index (χ2n) is 11.7. The smallest absolute Gasteiger partial charge is 0.416 e. The van der Waals surface area contributed by atoms with Gasteiger partial charge in [0.05, 0.1) is 11.0 Å². The van der Waals surface area contributed by atoms with Gasteiger partial charge < -0.3 is 19.9 Å². The summed E-state index contributed by atoms with van der Waals surface area (Å²) in [6.07, 6.45) is -1.49. The van der Waals surface area contributed by atoms with Crippen molar-refractivity contribution in [3.8, 4) is 0 Å². The fourth-order valence-electron chi connectivity index (χ4n) is 4.87. The van der Waals surface area contributed by atoms with E-state index in [-0.39, 0.29) is 49.8 Å². The van der Waals surface area contributed by atoms with Gasteiger partial charge in [0.1, 0.15) is 11.9 Å². The highest BCUT2D eigenvalue weighted by Crippen LogP contribution is 2.37. The largest absolute Gasteiger partial charge is 0.444 e. The monoisotopic (exact) mass is 595 g/mol. The van der Waals surface area contributed by atoms with Crippen LogP contribution >= 0.6 is 0 Å². The number of piperidine rings is 1. The molecular formula is C28H37F4N7O3. The number of carbonyl (C=O) groups excluding carboxylic acids is 2. The first-order valence-electron chi connectivity index (χ1n) is 13.8. The number of nitrogens with one attached hydrogen (secondary N) is 3. The summed E-state index contributed by atoms with van der Waals surface area (Å²) in [5.74, 6) is -1.09. The molecule has 4 rings (SSSR count). The Labute approximate surface area is 242 Å². The van der Waals surface area contributed by atoms with Crippen LogP contribution in [0.5, 0.6) is 0 Å². The van der Waals surface area contributed by atoms with Crippen LogP contribution in [0.15, 0.2) is 30.6 Å². The molecule has 1 aromatic carbocycles. The molecule has 2 aromatic rings. The number of hydrogen-bond donors (Lipinski definition) is 3. The highest BCUT2D eigenvalue weighted by molar-refractivity contribution is 5.83. The van der Waals surface area contributed by atoms with E-state index in [1.54, 1.807) is 37.6 Å². The molecule has 0 bridgehead atoms. The van der Waals surface area contributed by atoms with Crippen molar-refractivity contribution in [2.24, 2.45) is 5.41 Å². The van der Waals surface area contributed by atoms with Gasteiger partial charge in [-0.2, -0.15) is 17.6 Å². The summed E-state index contributed by atoms with van der Waals surface area (Å²) < 4.78 is 60.2. The predicted molar refractivity (Wildman–Crippen MR) is 148 cm³/mol. The van der Waals surface area contributed by atoms with E-state index in [0.717, 1.165) is 25.0 Å². The van der Waals surface area contributed by atoms with Crippen LogP contribution in [0.4, 0.5) is 34.0 Å².